The van der Waals surface area contributed by atoms with Gasteiger partial charge in [-0.2, -0.15) is 5.10 Å². The highest BCUT2D eigenvalue weighted by molar-refractivity contribution is 9.10. The Morgan fingerprint density at radius 2 is 2.25 bits per heavy atom. The van der Waals surface area contributed by atoms with Gasteiger partial charge in [-0.25, -0.2) is 4.39 Å². The number of aryl methyl sites for hydroxylation is 2. The van der Waals surface area contributed by atoms with Gasteiger partial charge in [0.1, 0.15) is 11.5 Å². The summed E-state index contributed by atoms with van der Waals surface area (Å²) in [6.07, 6.45) is 1.42. The molecule has 0 spiro atoms. The summed E-state index contributed by atoms with van der Waals surface area (Å²) in [7, 11) is 0. The number of hydrogen-bond acceptors (Lipinski definition) is 3. The monoisotopic (exact) mass is 340 g/mol. The molecule has 0 aliphatic heterocycles. The van der Waals surface area contributed by atoms with Crippen molar-refractivity contribution >= 4 is 33.2 Å². The molecule has 0 atom stereocenters. The van der Waals surface area contributed by atoms with Gasteiger partial charge in [0, 0.05) is 12.2 Å². The molecule has 0 saturated heterocycles. The van der Waals surface area contributed by atoms with Crippen molar-refractivity contribution in [3.63, 3.8) is 0 Å². The predicted octanol–water partition coefficient (Wildman–Crippen LogP) is 2.95. The molecule has 106 valence electrons. The predicted molar refractivity (Wildman–Crippen MR) is 79.1 cm³/mol. The van der Waals surface area contributed by atoms with E-state index in [-0.39, 0.29) is 5.69 Å². The van der Waals surface area contributed by atoms with E-state index >= 15 is 0 Å². The van der Waals surface area contributed by atoms with Crippen LogP contribution in [0, 0.1) is 12.7 Å². The molecule has 0 unspecified atom stereocenters. The Balaban J connectivity index is 2.33. The molecule has 2 aromatic rings. The van der Waals surface area contributed by atoms with Crippen molar-refractivity contribution in [1.29, 1.82) is 0 Å². The molecule has 20 heavy (non-hydrogen) atoms. The number of nitrogen functional groups attached to an aromatic ring is 1. The molecule has 0 aliphatic rings. The van der Waals surface area contributed by atoms with Crippen LogP contribution in [0.3, 0.4) is 0 Å². The Hall–Kier alpha value is -1.89. The van der Waals surface area contributed by atoms with Crippen molar-refractivity contribution in [2.75, 3.05) is 11.1 Å². The highest BCUT2D eigenvalue weighted by Crippen LogP contribution is 2.25. The lowest BCUT2D eigenvalue weighted by molar-refractivity contribution is 0.101. The summed E-state index contributed by atoms with van der Waals surface area (Å²) < 4.78 is 15.4. The third-order valence-corrected chi connectivity index (χ3v) is 3.51. The van der Waals surface area contributed by atoms with Crippen molar-refractivity contribution < 1.29 is 9.18 Å². The third-order valence-electron chi connectivity index (χ3n) is 2.90. The Kier molecular flexibility index (Phi) is 4.08. The van der Waals surface area contributed by atoms with Gasteiger partial charge in [0.05, 0.1) is 16.4 Å². The second-order valence-electron chi connectivity index (χ2n) is 4.30. The van der Waals surface area contributed by atoms with Crippen LogP contribution in [-0.4, -0.2) is 15.7 Å². The molecule has 1 heterocycles. The van der Waals surface area contributed by atoms with E-state index in [2.05, 4.69) is 26.3 Å². The number of nitrogens with zero attached hydrogens (tertiary/aromatic N) is 2. The van der Waals surface area contributed by atoms with Crippen molar-refractivity contribution in [1.82, 2.24) is 9.78 Å². The topological polar surface area (TPSA) is 72.9 Å². The molecular formula is C13H14BrFN4O. The van der Waals surface area contributed by atoms with Crippen molar-refractivity contribution in [2.45, 2.75) is 20.4 Å². The van der Waals surface area contributed by atoms with Gasteiger partial charge in [-0.05, 0) is 47.5 Å². The summed E-state index contributed by atoms with van der Waals surface area (Å²) >= 11 is 3.10. The highest BCUT2D eigenvalue weighted by atomic mass is 79.9. The minimum atomic E-state index is -0.442. The number of halogens is 2. The highest BCUT2D eigenvalue weighted by Gasteiger charge is 2.17. The molecule has 1 aromatic carbocycles. The number of hydrogen-bond donors (Lipinski definition) is 2. The van der Waals surface area contributed by atoms with E-state index in [9.17, 15) is 9.18 Å². The lowest BCUT2D eigenvalue weighted by Crippen LogP contribution is -2.19. The van der Waals surface area contributed by atoms with Gasteiger partial charge in [0.15, 0.2) is 0 Å². The quantitative estimate of drug-likeness (QED) is 0.902. The summed E-state index contributed by atoms with van der Waals surface area (Å²) in [6, 6.07) is 2.87. The Labute approximate surface area is 124 Å². The molecule has 0 aliphatic carbocycles. The van der Waals surface area contributed by atoms with Gasteiger partial charge < -0.3 is 11.1 Å². The zero-order valence-electron chi connectivity index (χ0n) is 11.1. The number of nitrogens with two attached hydrogens (primary N) is 1. The first-order valence-corrected chi connectivity index (χ1v) is 6.81. The Bertz CT molecular complexity index is 669. The smallest absolute Gasteiger partial charge is 0.276 e. The first-order valence-electron chi connectivity index (χ1n) is 6.02. The van der Waals surface area contributed by atoms with Crippen LogP contribution in [0.2, 0.25) is 0 Å². The molecular weight excluding hydrogens is 327 g/mol. The lowest BCUT2D eigenvalue weighted by Gasteiger charge is -2.11. The molecule has 0 saturated carbocycles. The number of rotatable bonds is 3. The van der Waals surface area contributed by atoms with E-state index in [0.717, 1.165) is 5.56 Å². The lowest BCUT2D eigenvalue weighted by atomic mass is 10.2. The fourth-order valence-electron chi connectivity index (χ4n) is 1.85. The molecule has 2 rings (SSSR count). The van der Waals surface area contributed by atoms with Gasteiger partial charge in [0.25, 0.3) is 5.91 Å². The Morgan fingerprint density at radius 3 is 2.90 bits per heavy atom. The Morgan fingerprint density at radius 1 is 1.55 bits per heavy atom. The van der Waals surface area contributed by atoms with E-state index in [4.69, 9.17) is 5.73 Å². The van der Waals surface area contributed by atoms with Gasteiger partial charge in [0.2, 0.25) is 0 Å². The minimum absolute atomic E-state index is 0.273. The van der Waals surface area contributed by atoms with Crippen molar-refractivity contribution in [2.24, 2.45) is 0 Å². The maximum Gasteiger partial charge on any atom is 0.276 e. The average molecular weight is 341 g/mol. The van der Waals surface area contributed by atoms with E-state index < -0.39 is 11.7 Å². The zero-order valence-corrected chi connectivity index (χ0v) is 12.7. The molecule has 0 bridgehead atoms. The van der Waals surface area contributed by atoms with Crippen LogP contribution in [0.15, 0.2) is 22.8 Å². The number of anilines is 2. The van der Waals surface area contributed by atoms with Crippen LogP contribution in [0.5, 0.6) is 0 Å². The molecule has 7 heteroatoms. The largest absolute Gasteiger partial charge is 0.396 e. The van der Waals surface area contributed by atoms with E-state index in [1.807, 2.05) is 6.92 Å². The maximum atomic E-state index is 13.5. The standard InChI is InChI=1S/C13H14BrFN4O/c1-3-19-12(10(16)6-17-19)13(20)18-11-5-9(15)8(14)4-7(11)2/h4-6H,3,16H2,1-2H3,(H,18,20). The van der Waals surface area contributed by atoms with Gasteiger partial charge in [-0.1, -0.05) is 0 Å². The first-order chi connectivity index (χ1) is 9.43. The number of nitrogens with one attached hydrogen (secondary N) is 1. The number of carbonyl (C=O) groups excluding carboxylic acids is 1. The average Bonchev–Trinajstić information content (AvgIpc) is 2.77. The molecule has 5 nitrogen and oxygen atoms in total. The molecule has 0 radical (unpaired) electrons. The number of carbonyl (C=O) groups is 1. The van der Waals surface area contributed by atoms with Crippen molar-refractivity contribution in [3.05, 3.63) is 39.9 Å². The SMILES string of the molecule is CCn1ncc(N)c1C(=O)Nc1cc(F)c(Br)cc1C. The van der Waals surface area contributed by atoms with Crippen LogP contribution < -0.4 is 11.1 Å². The van der Waals surface area contributed by atoms with Gasteiger partial charge in [-0.15, -0.1) is 0 Å². The van der Waals surface area contributed by atoms with E-state index in [1.54, 1.807) is 13.0 Å². The molecule has 3 N–H and O–H groups in total. The fraction of sp³-hybridized carbons (Fsp3) is 0.231. The number of benzene rings is 1. The van der Waals surface area contributed by atoms with E-state index in [0.29, 0.717) is 22.4 Å². The summed E-state index contributed by atoms with van der Waals surface area (Å²) in [5.74, 6) is -0.852. The van der Waals surface area contributed by atoms with Crippen LogP contribution >= 0.6 is 15.9 Å². The number of amides is 1. The summed E-state index contributed by atoms with van der Waals surface area (Å²) in [5, 5.41) is 6.66. The first kappa shape index (κ1) is 14.5. The summed E-state index contributed by atoms with van der Waals surface area (Å²) in [5.41, 5.74) is 7.45. The summed E-state index contributed by atoms with van der Waals surface area (Å²) in [6.45, 7) is 4.15. The maximum absolute atomic E-state index is 13.5. The minimum Gasteiger partial charge on any atom is -0.396 e. The van der Waals surface area contributed by atoms with Gasteiger partial charge in [-0.3, -0.25) is 9.48 Å². The second kappa shape index (κ2) is 5.62. The van der Waals surface area contributed by atoms with Crippen LogP contribution in [0.25, 0.3) is 0 Å². The molecule has 0 fully saturated rings. The third kappa shape index (κ3) is 2.67. The van der Waals surface area contributed by atoms with Crippen molar-refractivity contribution in [3.8, 4) is 0 Å². The van der Waals surface area contributed by atoms with Crippen LogP contribution in [0.4, 0.5) is 15.8 Å². The van der Waals surface area contributed by atoms with E-state index in [1.165, 1.54) is 16.9 Å². The van der Waals surface area contributed by atoms with Gasteiger partial charge >= 0.3 is 0 Å². The van der Waals surface area contributed by atoms with Crippen LogP contribution in [-0.2, 0) is 6.54 Å². The summed E-state index contributed by atoms with van der Waals surface area (Å²) in [4.78, 5) is 12.2. The number of aromatic nitrogens is 2. The molecule has 1 amide bonds. The zero-order chi connectivity index (χ0) is 14.9. The normalized spacial score (nSPS) is 10.6. The van der Waals surface area contributed by atoms with Crippen LogP contribution in [0.1, 0.15) is 23.0 Å². The second-order valence-corrected chi connectivity index (χ2v) is 5.15. The fourth-order valence-corrected chi connectivity index (χ4v) is 2.31. The molecule has 1 aromatic heterocycles.